The molecule has 1 aromatic heterocycles. The van der Waals surface area contributed by atoms with Gasteiger partial charge in [0.1, 0.15) is 5.82 Å². The highest BCUT2D eigenvalue weighted by Gasteiger charge is 2.25. The Labute approximate surface area is 151 Å². The maximum Gasteiger partial charge on any atom is 0.320 e. The lowest BCUT2D eigenvalue weighted by Gasteiger charge is -2.23. The quantitative estimate of drug-likeness (QED) is 0.647. The van der Waals surface area contributed by atoms with E-state index in [-0.39, 0.29) is 24.2 Å². The van der Waals surface area contributed by atoms with Gasteiger partial charge < -0.3 is 4.90 Å². The van der Waals surface area contributed by atoms with E-state index in [9.17, 15) is 13.6 Å². The van der Waals surface area contributed by atoms with Crippen LogP contribution in [-0.2, 0) is 11.3 Å². The van der Waals surface area contributed by atoms with E-state index in [0.29, 0.717) is 17.5 Å². The van der Waals surface area contributed by atoms with Gasteiger partial charge in [-0.3, -0.25) is 9.36 Å². The number of carbonyl (C=O) groups is 1. The first-order chi connectivity index (χ1) is 12.5. The van der Waals surface area contributed by atoms with E-state index in [1.807, 2.05) is 37.3 Å². The van der Waals surface area contributed by atoms with Gasteiger partial charge in [-0.15, -0.1) is 0 Å². The van der Waals surface area contributed by atoms with Gasteiger partial charge >= 0.3 is 6.55 Å². The number of hydrogen-bond donors (Lipinski definition) is 0. The number of amides is 1. The Morgan fingerprint density at radius 2 is 1.77 bits per heavy atom. The molecule has 1 heterocycles. The van der Waals surface area contributed by atoms with Crippen LogP contribution in [-0.4, -0.2) is 27.4 Å². The zero-order valence-electron chi connectivity index (χ0n) is 14.8. The number of alkyl halides is 2. The third-order valence-electron chi connectivity index (χ3n) is 4.53. The number of para-hydroxylation sites is 2. The molecule has 26 heavy (non-hydrogen) atoms. The summed E-state index contributed by atoms with van der Waals surface area (Å²) in [7, 11) is 1.63. The molecule has 0 saturated carbocycles. The van der Waals surface area contributed by atoms with E-state index in [0.717, 1.165) is 10.1 Å². The van der Waals surface area contributed by atoms with E-state index in [1.54, 1.807) is 31.3 Å². The van der Waals surface area contributed by atoms with Crippen molar-refractivity contribution in [3.63, 3.8) is 0 Å². The molecule has 2 aromatic carbocycles. The molecule has 0 aliphatic carbocycles. The number of imidazole rings is 1. The van der Waals surface area contributed by atoms with Gasteiger partial charge in [0, 0.05) is 7.05 Å². The number of nitrogens with zero attached hydrogens (tertiary/aromatic N) is 3. The molecule has 0 radical (unpaired) electrons. The predicted molar refractivity (Wildman–Crippen MR) is 96.9 cm³/mol. The molecule has 3 aromatic rings. The Bertz CT molecular complexity index is 892. The minimum absolute atomic E-state index is 0.0290. The molecule has 0 spiro atoms. The molecular weight excluding hydrogens is 336 g/mol. The Morgan fingerprint density at radius 3 is 2.42 bits per heavy atom. The van der Waals surface area contributed by atoms with Gasteiger partial charge in [0.05, 0.1) is 23.5 Å². The molecule has 1 amide bonds. The first kappa shape index (κ1) is 18.0. The summed E-state index contributed by atoms with van der Waals surface area (Å²) in [6, 6.07) is 16.3. The fourth-order valence-electron chi connectivity index (χ4n) is 3.22. The van der Waals surface area contributed by atoms with Crippen molar-refractivity contribution >= 4 is 16.9 Å². The minimum atomic E-state index is -2.71. The Hall–Kier alpha value is -2.76. The monoisotopic (exact) mass is 357 g/mol. The van der Waals surface area contributed by atoms with Gasteiger partial charge in [0.2, 0.25) is 5.91 Å². The molecule has 0 fully saturated rings. The number of likely N-dealkylation sites (N-methyl/N-ethyl adjacent to an activating group) is 1. The Morgan fingerprint density at radius 1 is 1.12 bits per heavy atom. The zero-order valence-corrected chi connectivity index (χ0v) is 14.8. The third kappa shape index (κ3) is 3.45. The summed E-state index contributed by atoms with van der Waals surface area (Å²) in [4.78, 5) is 18.7. The van der Waals surface area contributed by atoms with E-state index in [4.69, 9.17) is 0 Å². The molecular formula is C20H21F2N3O. The first-order valence-corrected chi connectivity index (χ1v) is 8.56. The van der Waals surface area contributed by atoms with Crippen LogP contribution in [0.15, 0.2) is 54.6 Å². The van der Waals surface area contributed by atoms with Crippen LogP contribution in [0.5, 0.6) is 0 Å². The van der Waals surface area contributed by atoms with Crippen molar-refractivity contribution in [2.24, 2.45) is 0 Å². The molecule has 4 nitrogen and oxygen atoms in total. The summed E-state index contributed by atoms with van der Waals surface area (Å²) in [5, 5.41) is 0. The van der Waals surface area contributed by atoms with Crippen molar-refractivity contribution in [2.75, 3.05) is 7.05 Å². The lowest BCUT2D eigenvalue weighted by atomic mass is 9.95. The molecule has 0 unspecified atom stereocenters. The summed E-state index contributed by atoms with van der Waals surface area (Å²) < 4.78 is 28.0. The van der Waals surface area contributed by atoms with Crippen LogP contribution >= 0.6 is 0 Å². The van der Waals surface area contributed by atoms with Gasteiger partial charge in [-0.1, -0.05) is 49.4 Å². The van der Waals surface area contributed by atoms with Crippen molar-refractivity contribution in [1.82, 2.24) is 14.5 Å². The number of aromatic nitrogens is 2. The van der Waals surface area contributed by atoms with Gasteiger partial charge in [-0.2, -0.15) is 8.78 Å². The number of rotatable bonds is 6. The second-order valence-corrected chi connectivity index (χ2v) is 6.23. The van der Waals surface area contributed by atoms with Crippen LogP contribution in [0, 0.1) is 0 Å². The maximum absolute atomic E-state index is 13.6. The highest BCUT2D eigenvalue weighted by atomic mass is 19.3. The first-order valence-electron chi connectivity index (χ1n) is 8.56. The zero-order chi connectivity index (χ0) is 18.7. The average molecular weight is 357 g/mol. The molecule has 0 aliphatic rings. The summed E-state index contributed by atoms with van der Waals surface area (Å²) in [6.45, 7) is -0.740. The lowest BCUT2D eigenvalue weighted by Crippen LogP contribution is -2.32. The summed E-state index contributed by atoms with van der Waals surface area (Å²) >= 11 is 0. The molecule has 0 aliphatic heterocycles. The predicted octanol–water partition coefficient (Wildman–Crippen LogP) is 4.58. The highest BCUT2D eigenvalue weighted by Crippen LogP contribution is 2.26. The van der Waals surface area contributed by atoms with Crippen molar-refractivity contribution in [3.05, 3.63) is 66.0 Å². The average Bonchev–Trinajstić information content (AvgIpc) is 3.01. The van der Waals surface area contributed by atoms with Crippen LogP contribution in [0.3, 0.4) is 0 Å². The highest BCUT2D eigenvalue weighted by molar-refractivity contribution is 5.83. The van der Waals surface area contributed by atoms with Crippen LogP contribution in [0.1, 0.15) is 37.2 Å². The molecule has 6 heteroatoms. The largest absolute Gasteiger partial charge is 0.338 e. The fraction of sp³-hybridized carbons (Fsp3) is 0.300. The maximum atomic E-state index is 13.6. The van der Waals surface area contributed by atoms with E-state index < -0.39 is 6.55 Å². The van der Waals surface area contributed by atoms with Gasteiger partial charge in [-0.25, -0.2) is 4.98 Å². The number of halogens is 2. The molecule has 0 bridgehead atoms. The molecule has 0 N–H and O–H groups in total. The fourth-order valence-corrected chi connectivity index (χ4v) is 3.22. The van der Waals surface area contributed by atoms with Crippen molar-refractivity contribution in [2.45, 2.75) is 32.4 Å². The standard InChI is InChI=1S/C20H21F2N3O/c1-3-15(14-9-5-4-6-10-14)19(26)24(2)13-18-23-16-11-7-8-12-17(16)25(18)20(21)22/h4-12,15,20H,3,13H2,1-2H3/t15-/m0/s1. The smallest absolute Gasteiger partial charge is 0.320 e. The van der Waals surface area contributed by atoms with Crippen molar-refractivity contribution < 1.29 is 13.6 Å². The number of fused-ring (bicyclic) bond motifs is 1. The molecule has 3 rings (SSSR count). The summed E-state index contributed by atoms with van der Waals surface area (Å²) in [5.41, 5.74) is 1.79. The molecule has 1 atom stereocenters. The van der Waals surface area contributed by atoms with Gasteiger partial charge in [-0.05, 0) is 24.1 Å². The van der Waals surface area contributed by atoms with Gasteiger partial charge in [0.15, 0.2) is 0 Å². The van der Waals surface area contributed by atoms with Crippen LogP contribution in [0.4, 0.5) is 8.78 Å². The number of benzene rings is 2. The third-order valence-corrected chi connectivity index (χ3v) is 4.53. The summed E-state index contributed by atoms with van der Waals surface area (Å²) in [6.07, 6.45) is 0.637. The Kier molecular flexibility index (Phi) is 5.30. The second-order valence-electron chi connectivity index (χ2n) is 6.23. The molecule has 0 saturated heterocycles. The number of hydrogen-bond acceptors (Lipinski definition) is 2. The lowest BCUT2D eigenvalue weighted by molar-refractivity contribution is -0.132. The normalized spacial score (nSPS) is 12.5. The van der Waals surface area contributed by atoms with E-state index in [1.165, 1.54) is 4.90 Å². The van der Waals surface area contributed by atoms with Crippen molar-refractivity contribution in [1.29, 1.82) is 0 Å². The van der Waals surface area contributed by atoms with Crippen LogP contribution in [0.2, 0.25) is 0 Å². The topological polar surface area (TPSA) is 38.1 Å². The summed E-state index contributed by atoms with van der Waals surface area (Å²) in [5.74, 6) is -0.225. The van der Waals surface area contributed by atoms with Crippen molar-refractivity contribution in [3.8, 4) is 0 Å². The second kappa shape index (κ2) is 7.64. The minimum Gasteiger partial charge on any atom is -0.338 e. The Balaban J connectivity index is 1.87. The SMILES string of the molecule is CC[C@H](C(=O)N(C)Cc1nc2ccccc2n1C(F)F)c1ccccc1. The van der Waals surface area contributed by atoms with Gasteiger partial charge in [0.25, 0.3) is 0 Å². The van der Waals surface area contributed by atoms with Crippen LogP contribution < -0.4 is 0 Å². The van der Waals surface area contributed by atoms with E-state index >= 15 is 0 Å². The number of carbonyl (C=O) groups excluding carboxylic acids is 1. The van der Waals surface area contributed by atoms with Crippen LogP contribution in [0.25, 0.3) is 11.0 Å². The molecule has 136 valence electrons. The van der Waals surface area contributed by atoms with E-state index in [2.05, 4.69) is 4.98 Å².